The molecule has 5 nitrogen and oxygen atoms in total. The van der Waals surface area contributed by atoms with Crippen molar-refractivity contribution in [2.45, 2.75) is 26.3 Å². The molecule has 0 aromatic carbocycles. The Kier molecular flexibility index (Phi) is 5.62. The Morgan fingerprint density at radius 3 is 2.67 bits per heavy atom. The van der Waals surface area contributed by atoms with Gasteiger partial charge in [0.15, 0.2) is 0 Å². The van der Waals surface area contributed by atoms with Crippen LogP contribution in [0.1, 0.15) is 28.2 Å². The standard InChI is InChI=1S/C12H20ClN3O2/c1-8-11(9(2)16(3)15-8)12(17)14-10(7-13)5-6-18-4/h10H,5-7H2,1-4H3,(H,14,17). The number of carbonyl (C=O) groups is 1. The summed E-state index contributed by atoms with van der Waals surface area (Å²) < 4.78 is 6.69. The van der Waals surface area contributed by atoms with Crippen LogP contribution in [0, 0.1) is 13.8 Å². The Morgan fingerprint density at radius 2 is 2.22 bits per heavy atom. The third-order valence-electron chi connectivity index (χ3n) is 2.93. The minimum atomic E-state index is -0.125. The van der Waals surface area contributed by atoms with Crippen LogP contribution in [0.15, 0.2) is 0 Å². The van der Waals surface area contributed by atoms with E-state index in [0.29, 0.717) is 24.5 Å². The molecule has 0 radical (unpaired) electrons. The predicted molar refractivity (Wildman–Crippen MR) is 71.1 cm³/mol. The van der Waals surface area contributed by atoms with Gasteiger partial charge in [0, 0.05) is 38.4 Å². The van der Waals surface area contributed by atoms with Crippen molar-refractivity contribution in [2.24, 2.45) is 7.05 Å². The Hall–Kier alpha value is -1.07. The van der Waals surface area contributed by atoms with Crippen LogP contribution < -0.4 is 5.32 Å². The Balaban J connectivity index is 2.74. The summed E-state index contributed by atoms with van der Waals surface area (Å²) in [7, 11) is 3.45. The molecule has 1 aromatic heterocycles. The number of carbonyl (C=O) groups excluding carboxylic acids is 1. The van der Waals surface area contributed by atoms with Crippen molar-refractivity contribution >= 4 is 17.5 Å². The summed E-state index contributed by atoms with van der Waals surface area (Å²) in [5, 5.41) is 7.13. The van der Waals surface area contributed by atoms with Crippen molar-refractivity contribution < 1.29 is 9.53 Å². The number of ether oxygens (including phenoxy) is 1. The number of hydrogen-bond donors (Lipinski definition) is 1. The van der Waals surface area contributed by atoms with E-state index in [-0.39, 0.29) is 11.9 Å². The highest BCUT2D eigenvalue weighted by atomic mass is 35.5. The predicted octanol–water partition coefficient (Wildman–Crippen LogP) is 1.41. The monoisotopic (exact) mass is 273 g/mol. The molecular formula is C12H20ClN3O2. The lowest BCUT2D eigenvalue weighted by Crippen LogP contribution is -2.37. The second-order valence-electron chi connectivity index (χ2n) is 4.28. The average Bonchev–Trinajstić information content (AvgIpc) is 2.58. The summed E-state index contributed by atoms with van der Waals surface area (Å²) in [6, 6.07) is -0.0851. The van der Waals surface area contributed by atoms with Crippen molar-refractivity contribution in [1.29, 1.82) is 0 Å². The van der Waals surface area contributed by atoms with Crippen molar-refractivity contribution in [3.05, 3.63) is 17.0 Å². The first-order valence-electron chi connectivity index (χ1n) is 5.87. The SMILES string of the molecule is COCCC(CCl)NC(=O)c1c(C)nn(C)c1C. The van der Waals surface area contributed by atoms with Gasteiger partial charge in [0.1, 0.15) is 0 Å². The molecule has 1 aromatic rings. The van der Waals surface area contributed by atoms with Gasteiger partial charge in [0.25, 0.3) is 5.91 Å². The van der Waals surface area contributed by atoms with Gasteiger partial charge in [-0.3, -0.25) is 9.48 Å². The highest BCUT2D eigenvalue weighted by Gasteiger charge is 2.19. The summed E-state index contributed by atoms with van der Waals surface area (Å²) in [5.41, 5.74) is 2.21. The van der Waals surface area contributed by atoms with Crippen molar-refractivity contribution in [1.82, 2.24) is 15.1 Å². The zero-order valence-electron chi connectivity index (χ0n) is 11.3. The average molecular weight is 274 g/mol. The fraction of sp³-hybridized carbons (Fsp3) is 0.667. The smallest absolute Gasteiger partial charge is 0.255 e. The Labute approximate surface area is 112 Å². The first-order valence-corrected chi connectivity index (χ1v) is 6.40. The molecule has 1 heterocycles. The molecule has 0 aliphatic heterocycles. The molecule has 0 bridgehead atoms. The van der Waals surface area contributed by atoms with Gasteiger partial charge in [0.05, 0.1) is 11.3 Å². The summed E-state index contributed by atoms with van der Waals surface area (Å²) in [6.07, 6.45) is 0.699. The first kappa shape index (κ1) is 15.0. The second-order valence-corrected chi connectivity index (χ2v) is 4.58. The number of aromatic nitrogens is 2. The van der Waals surface area contributed by atoms with Gasteiger partial charge in [-0.25, -0.2) is 0 Å². The molecule has 102 valence electrons. The number of amides is 1. The minimum Gasteiger partial charge on any atom is -0.385 e. The quantitative estimate of drug-likeness (QED) is 0.798. The summed E-state index contributed by atoms with van der Waals surface area (Å²) in [5.74, 6) is 0.243. The van der Waals surface area contributed by atoms with E-state index in [4.69, 9.17) is 16.3 Å². The fourth-order valence-corrected chi connectivity index (χ4v) is 2.04. The number of aryl methyl sites for hydroxylation is 2. The first-order chi connectivity index (χ1) is 8.51. The van der Waals surface area contributed by atoms with Crippen LogP contribution >= 0.6 is 11.6 Å². The third-order valence-corrected chi connectivity index (χ3v) is 3.30. The largest absolute Gasteiger partial charge is 0.385 e. The Bertz CT molecular complexity index is 418. The molecule has 0 saturated heterocycles. The normalized spacial score (nSPS) is 12.5. The van der Waals surface area contributed by atoms with E-state index in [2.05, 4.69) is 10.4 Å². The fourth-order valence-electron chi connectivity index (χ4n) is 1.81. The van der Waals surface area contributed by atoms with Crippen molar-refractivity contribution in [3.63, 3.8) is 0 Å². The zero-order chi connectivity index (χ0) is 13.7. The van der Waals surface area contributed by atoms with E-state index < -0.39 is 0 Å². The van der Waals surface area contributed by atoms with E-state index in [1.807, 2.05) is 20.9 Å². The van der Waals surface area contributed by atoms with Crippen LogP contribution in [-0.4, -0.2) is 41.3 Å². The van der Waals surface area contributed by atoms with Crippen molar-refractivity contribution in [2.75, 3.05) is 19.6 Å². The Morgan fingerprint density at radius 1 is 1.56 bits per heavy atom. The maximum atomic E-state index is 12.2. The van der Waals surface area contributed by atoms with Crippen LogP contribution in [0.3, 0.4) is 0 Å². The van der Waals surface area contributed by atoms with Crippen molar-refractivity contribution in [3.8, 4) is 0 Å². The molecule has 6 heteroatoms. The maximum absolute atomic E-state index is 12.2. The highest BCUT2D eigenvalue weighted by molar-refractivity contribution is 6.18. The van der Waals surface area contributed by atoms with Crippen LogP contribution in [-0.2, 0) is 11.8 Å². The van der Waals surface area contributed by atoms with Gasteiger partial charge in [-0.2, -0.15) is 5.10 Å². The van der Waals surface area contributed by atoms with Crippen LogP contribution in [0.5, 0.6) is 0 Å². The summed E-state index contributed by atoms with van der Waals surface area (Å²) in [4.78, 5) is 12.2. The molecule has 0 aliphatic carbocycles. The van der Waals surface area contributed by atoms with Gasteiger partial charge in [0.2, 0.25) is 0 Å². The topological polar surface area (TPSA) is 56.1 Å². The molecule has 0 saturated carbocycles. The molecule has 1 unspecified atom stereocenters. The number of nitrogens with zero attached hydrogens (tertiary/aromatic N) is 2. The summed E-state index contributed by atoms with van der Waals surface area (Å²) >= 11 is 5.83. The zero-order valence-corrected chi connectivity index (χ0v) is 12.0. The van der Waals surface area contributed by atoms with E-state index in [1.165, 1.54) is 0 Å². The number of nitrogens with one attached hydrogen (secondary N) is 1. The molecule has 1 amide bonds. The molecule has 0 aliphatic rings. The van der Waals surface area contributed by atoms with Crippen LogP contribution in [0.2, 0.25) is 0 Å². The number of halogens is 1. The number of alkyl halides is 1. The highest BCUT2D eigenvalue weighted by Crippen LogP contribution is 2.12. The number of hydrogen-bond acceptors (Lipinski definition) is 3. The molecule has 0 spiro atoms. The van der Waals surface area contributed by atoms with E-state index >= 15 is 0 Å². The van der Waals surface area contributed by atoms with Crippen LogP contribution in [0.4, 0.5) is 0 Å². The van der Waals surface area contributed by atoms with Gasteiger partial charge in [-0.05, 0) is 20.3 Å². The molecule has 0 fully saturated rings. The number of methoxy groups -OCH3 is 1. The lowest BCUT2D eigenvalue weighted by atomic mass is 10.1. The molecule has 1 N–H and O–H groups in total. The second kappa shape index (κ2) is 6.75. The minimum absolute atomic E-state index is 0.0851. The molecular weight excluding hydrogens is 254 g/mol. The van der Waals surface area contributed by atoms with Gasteiger partial charge in [-0.15, -0.1) is 11.6 Å². The lowest BCUT2D eigenvalue weighted by Gasteiger charge is -2.15. The van der Waals surface area contributed by atoms with Gasteiger partial charge >= 0.3 is 0 Å². The van der Waals surface area contributed by atoms with E-state index in [1.54, 1.807) is 11.8 Å². The van der Waals surface area contributed by atoms with E-state index in [9.17, 15) is 4.79 Å². The van der Waals surface area contributed by atoms with E-state index in [0.717, 1.165) is 11.4 Å². The molecule has 18 heavy (non-hydrogen) atoms. The molecule has 1 atom stereocenters. The third kappa shape index (κ3) is 3.46. The lowest BCUT2D eigenvalue weighted by molar-refractivity contribution is 0.0929. The molecule has 1 rings (SSSR count). The number of rotatable bonds is 6. The maximum Gasteiger partial charge on any atom is 0.255 e. The van der Waals surface area contributed by atoms with Gasteiger partial charge < -0.3 is 10.1 Å². The van der Waals surface area contributed by atoms with Crippen LogP contribution in [0.25, 0.3) is 0 Å². The van der Waals surface area contributed by atoms with Gasteiger partial charge in [-0.1, -0.05) is 0 Å². The summed E-state index contributed by atoms with van der Waals surface area (Å²) in [6.45, 7) is 4.27.